The molecule has 1 N–H and O–H groups in total. The number of nitrogens with zero attached hydrogens (tertiary/aromatic N) is 1. The first-order chi connectivity index (χ1) is 13.7. The summed E-state index contributed by atoms with van der Waals surface area (Å²) in [6.07, 6.45) is 0.0872. The van der Waals surface area contributed by atoms with E-state index in [0.717, 1.165) is 28.9 Å². The summed E-state index contributed by atoms with van der Waals surface area (Å²) >= 11 is 0. The van der Waals surface area contributed by atoms with Crippen LogP contribution < -0.4 is 10.2 Å². The molecule has 2 amide bonds. The van der Waals surface area contributed by atoms with Gasteiger partial charge in [0.1, 0.15) is 5.82 Å². The summed E-state index contributed by atoms with van der Waals surface area (Å²) < 4.78 is 37.5. The molecule has 0 spiro atoms. The molecule has 1 atom stereocenters. The van der Waals surface area contributed by atoms with Crippen LogP contribution in [0.25, 0.3) is 0 Å². The molecule has 1 saturated heterocycles. The lowest BCUT2D eigenvalue weighted by molar-refractivity contribution is -0.126. The molecule has 2 aromatic rings. The average Bonchev–Trinajstić information content (AvgIpc) is 3.03. The summed E-state index contributed by atoms with van der Waals surface area (Å²) in [7, 11) is -3.63. The average molecular weight is 418 g/mol. The maximum atomic E-state index is 13.0. The van der Waals surface area contributed by atoms with Crippen LogP contribution >= 0.6 is 0 Å². The van der Waals surface area contributed by atoms with Gasteiger partial charge in [-0.15, -0.1) is 0 Å². The smallest absolute Gasteiger partial charge is 0.227 e. The predicted molar refractivity (Wildman–Crippen MR) is 108 cm³/mol. The van der Waals surface area contributed by atoms with Gasteiger partial charge in [0.25, 0.3) is 0 Å². The van der Waals surface area contributed by atoms with E-state index in [1.165, 1.54) is 12.1 Å². The first kappa shape index (κ1) is 21.0. The fraction of sp³-hybridized carbons (Fsp3) is 0.333. The van der Waals surface area contributed by atoms with E-state index in [9.17, 15) is 22.4 Å². The van der Waals surface area contributed by atoms with Crippen molar-refractivity contribution in [2.75, 3.05) is 23.7 Å². The summed E-state index contributed by atoms with van der Waals surface area (Å²) in [4.78, 5) is 26.4. The Morgan fingerprint density at radius 2 is 1.86 bits per heavy atom. The minimum absolute atomic E-state index is 0.00483. The highest BCUT2D eigenvalue weighted by atomic mass is 32.2. The van der Waals surface area contributed by atoms with Crippen LogP contribution in [0.15, 0.2) is 47.4 Å². The Morgan fingerprint density at radius 3 is 2.52 bits per heavy atom. The lowest BCUT2D eigenvalue weighted by Gasteiger charge is -2.19. The number of anilines is 1. The van der Waals surface area contributed by atoms with E-state index in [0.29, 0.717) is 0 Å². The SMILES string of the molecule is Cc1ccc(N2C[C@@H](C(=O)NCCS(=O)(=O)c3ccc(F)cc3)CC2=O)c(C)c1. The van der Waals surface area contributed by atoms with Crippen LogP contribution in [0.4, 0.5) is 10.1 Å². The molecule has 0 unspecified atom stereocenters. The fourth-order valence-electron chi connectivity index (χ4n) is 3.44. The number of rotatable bonds is 6. The molecule has 0 radical (unpaired) electrons. The number of halogens is 1. The van der Waals surface area contributed by atoms with Gasteiger partial charge in [-0.1, -0.05) is 17.7 Å². The van der Waals surface area contributed by atoms with Crippen molar-refractivity contribution in [3.05, 3.63) is 59.4 Å². The summed E-state index contributed by atoms with van der Waals surface area (Å²) in [5, 5.41) is 2.61. The molecule has 1 aliphatic heterocycles. The molecule has 6 nitrogen and oxygen atoms in total. The second kappa shape index (κ2) is 8.32. The maximum Gasteiger partial charge on any atom is 0.227 e. The highest BCUT2D eigenvalue weighted by molar-refractivity contribution is 7.91. The highest BCUT2D eigenvalue weighted by Crippen LogP contribution is 2.28. The van der Waals surface area contributed by atoms with E-state index in [4.69, 9.17) is 0 Å². The summed E-state index contributed by atoms with van der Waals surface area (Å²) in [6.45, 7) is 4.08. The van der Waals surface area contributed by atoms with Crippen molar-refractivity contribution in [3.8, 4) is 0 Å². The number of sulfone groups is 1. The van der Waals surface area contributed by atoms with Crippen LogP contribution in [0.1, 0.15) is 17.5 Å². The van der Waals surface area contributed by atoms with Crippen LogP contribution in [-0.2, 0) is 19.4 Å². The molecule has 0 aliphatic carbocycles. The largest absolute Gasteiger partial charge is 0.355 e. The lowest BCUT2D eigenvalue weighted by Crippen LogP contribution is -2.35. The molecule has 8 heteroatoms. The molecule has 0 bridgehead atoms. The zero-order valence-electron chi connectivity index (χ0n) is 16.3. The van der Waals surface area contributed by atoms with E-state index in [1.807, 2.05) is 32.0 Å². The van der Waals surface area contributed by atoms with Crippen molar-refractivity contribution in [1.82, 2.24) is 5.32 Å². The number of carbonyl (C=O) groups excluding carboxylic acids is 2. The van der Waals surface area contributed by atoms with Crippen LogP contribution in [0, 0.1) is 25.6 Å². The number of benzene rings is 2. The van der Waals surface area contributed by atoms with Gasteiger partial charge in [-0.05, 0) is 49.7 Å². The fourth-order valence-corrected chi connectivity index (χ4v) is 4.59. The van der Waals surface area contributed by atoms with E-state index >= 15 is 0 Å². The lowest BCUT2D eigenvalue weighted by atomic mass is 10.1. The Morgan fingerprint density at radius 1 is 1.17 bits per heavy atom. The molecular formula is C21H23FN2O4S. The van der Waals surface area contributed by atoms with Crippen molar-refractivity contribution >= 4 is 27.3 Å². The van der Waals surface area contributed by atoms with Gasteiger partial charge in [-0.2, -0.15) is 0 Å². The van der Waals surface area contributed by atoms with E-state index in [2.05, 4.69) is 5.32 Å². The Hall–Kier alpha value is -2.74. The number of hydrogen-bond donors (Lipinski definition) is 1. The second-order valence-corrected chi connectivity index (χ2v) is 9.37. The van der Waals surface area contributed by atoms with Gasteiger partial charge in [0, 0.05) is 25.2 Å². The molecule has 1 aliphatic rings. The molecule has 0 aromatic heterocycles. The van der Waals surface area contributed by atoms with E-state index in [1.54, 1.807) is 4.90 Å². The van der Waals surface area contributed by atoms with Gasteiger partial charge in [0.15, 0.2) is 9.84 Å². The topological polar surface area (TPSA) is 83.6 Å². The molecule has 0 saturated carbocycles. The molecule has 154 valence electrons. The molecule has 2 aromatic carbocycles. The molecule has 1 fully saturated rings. The predicted octanol–water partition coefficient (Wildman–Crippen LogP) is 2.39. The van der Waals surface area contributed by atoms with Crippen LogP contribution in [0.2, 0.25) is 0 Å². The van der Waals surface area contributed by atoms with Crippen LogP contribution in [-0.4, -0.2) is 39.1 Å². The number of hydrogen-bond acceptors (Lipinski definition) is 4. The Labute approximate surface area is 169 Å². The maximum absolute atomic E-state index is 13.0. The first-order valence-electron chi connectivity index (χ1n) is 9.31. The monoisotopic (exact) mass is 418 g/mol. The van der Waals surface area contributed by atoms with Crippen molar-refractivity contribution in [2.45, 2.75) is 25.2 Å². The Kier molecular flexibility index (Phi) is 6.02. The minimum Gasteiger partial charge on any atom is -0.355 e. The Bertz CT molecular complexity index is 1040. The first-order valence-corrected chi connectivity index (χ1v) is 11.0. The van der Waals surface area contributed by atoms with Gasteiger partial charge < -0.3 is 10.2 Å². The number of aryl methyl sites for hydroxylation is 2. The minimum atomic E-state index is -3.63. The second-order valence-electron chi connectivity index (χ2n) is 7.26. The molecule has 3 rings (SSSR count). The normalized spacial score (nSPS) is 16.9. The van der Waals surface area contributed by atoms with Gasteiger partial charge >= 0.3 is 0 Å². The summed E-state index contributed by atoms with van der Waals surface area (Å²) in [5.41, 5.74) is 2.84. The Balaban J connectivity index is 1.57. The zero-order valence-corrected chi connectivity index (χ0v) is 17.1. The molecular weight excluding hydrogens is 395 g/mol. The van der Waals surface area contributed by atoms with Crippen molar-refractivity contribution < 1.29 is 22.4 Å². The van der Waals surface area contributed by atoms with E-state index < -0.39 is 21.6 Å². The van der Waals surface area contributed by atoms with Crippen molar-refractivity contribution in [1.29, 1.82) is 0 Å². The summed E-state index contributed by atoms with van der Waals surface area (Å²) in [6, 6.07) is 10.3. The third-order valence-electron chi connectivity index (χ3n) is 4.98. The van der Waals surface area contributed by atoms with Crippen molar-refractivity contribution in [3.63, 3.8) is 0 Å². The molecule has 1 heterocycles. The molecule has 29 heavy (non-hydrogen) atoms. The summed E-state index contributed by atoms with van der Waals surface area (Å²) in [5.74, 6) is -1.82. The van der Waals surface area contributed by atoms with Gasteiger partial charge in [-0.25, -0.2) is 12.8 Å². The standard InChI is InChI=1S/C21H23FN2O4S/c1-14-3-8-19(15(2)11-14)24-13-16(12-20(24)25)21(26)23-9-10-29(27,28)18-6-4-17(22)5-7-18/h3-8,11,16H,9-10,12-13H2,1-2H3,(H,23,26)/t16-/m0/s1. The quantitative estimate of drug-likeness (QED) is 0.730. The third kappa shape index (κ3) is 4.82. The third-order valence-corrected chi connectivity index (χ3v) is 6.71. The highest BCUT2D eigenvalue weighted by Gasteiger charge is 2.35. The van der Waals surface area contributed by atoms with Crippen LogP contribution in [0.5, 0.6) is 0 Å². The van der Waals surface area contributed by atoms with E-state index in [-0.39, 0.29) is 42.0 Å². The van der Waals surface area contributed by atoms with Gasteiger partial charge in [0.2, 0.25) is 11.8 Å². The number of carbonyl (C=O) groups is 2. The van der Waals surface area contributed by atoms with Crippen LogP contribution in [0.3, 0.4) is 0 Å². The number of amides is 2. The zero-order chi connectivity index (χ0) is 21.2. The van der Waals surface area contributed by atoms with Crippen molar-refractivity contribution in [2.24, 2.45) is 5.92 Å². The van der Waals surface area contributed by atoms with Gasteiger partial charge in [0.05, 0.1) is 16.6 Å². The van der Waals surface area contributed by atoms with Gasteiger partial charge in [-0.3, -0.25) is 9.59 Å². The number of nitrogens with one attached hydrogen (secondary N) is 1.